The quantitative estimate of drug-likeness (QED) is 0.547. The Balaban J connectivity index is 2.16. The molecule has 66 valence electrons. The van der Waals surface area contributed by atoms with Crippen molar-refractivity contribution >= 4 is 0 Å². The van der Waals surface area contributed by atoms with Gasteiger partial charge in [-0.3, -0.25) is 16.0 Å². The summed E-state index contributed by atoms with van der Waals surface area (Å²) in [5.41, 5.74) is 0. The van der Waals surface area contributed by atoms with Crippen molar-refractivity contribution in [3.63, 3.8) is 0 Å². The molecule has 0 aromatic heterocycles. The number of nitrogens with one attached hydrogen (secondary N) is 3. The first kappa shape index (κ1) is 8.97. The van der Waals surface area contributed by atoms with E-state index in [1.54, 1.807) is 0 Å². The van der Waals surface area contributed by atoms with Crippen LogP contribution in [0.4, 0.5) is 0 Å². The Bertz CT molecular complexity index is 95.5. The normalized spacial score (nSPS) is 19.9. The molecule has 0 aromatic carbocycles. The molecule has 0 bridgehead atoms. The lowest BCUT2D eigenvalue weighted by molar-refractivity contribution is 0.365. The van der Waals surface area contributed by atoms with Gasteiger partial charge in [0.25, 0.3) is 0 Å². The fourth-order valence-corrected chi connectivity index (χ4v) is 1.38. The summed E-state index contributed by atoms with van der Waals surface area (Å²) >= 11 is 0. The molecule has 1 aliphatic heterocycles. The monoisotopic (exact) mass is 157 g/mol. The molecule has 0 amide bonds. The van der Waals surface area contributed by atoms with Gasteiger partial charge in [0.15, 0.2) is 0 Å². The van der Waals surface area contributed by atoms with Crippen LogP contribution in [0.3, 0.4) is 0 Å². The van der Waals surface area contributed by atoms with E-state index in [0.29, 0.717) is 12.3 Å². The van der Waals surface area contributed by atoms with Crippen LogP contribution in [0.5, 0.6) is 0 Å². The first-order valence-electron chi connectivity index (χ1n) is 4.59. The summed E-state index contributed by atoms with van der Waals surface area (Å²) in [6, 6.07) is 0.651. The molecule has 0 radical (unpaired) electrons. The molecule has 0 unspecified atom stereocenters. The van der Waals surface area contributed by atoms with Gasteiger partial charge >= 0.3 is 0 Å². The van der Waals surface area contributed by atoms with E-state index in [0.717, 1.165) is 13.1 Å². The summed E-state index contributed by atoms with van der Waals surface area (Å²) in [6.07, 6.45) is 2.76. The molecule has 0 aromatic rings. The Kier molecular flexibility index (Phi) is 3.83. The van der Waals surface area contributed by atoms with Crippen molar-refractivity contribution in [2.45, 2.75) is 39.0 Å². The minimum absolute atomic E-state index is 0.347. The van der Waals surface area contributed by atoms with Crippen molar-refractivity contribution in [3.8, 4) is 0 Å². The van der Waals surface area contributed by atoms with E-state index in [9.17, 15) is 0 Å². The molecule has 1 fully saturated rings. The molecule has 11 heavy (non-hydrogen) atoms. The van der Waals surface area contributed by atoms with E-state index in [-0.39, 0.29) is 0 Å². The van der Waals surface area contributed by atoms with E-state index in [1.165, 1.54) is 12.8 Å². The smallest absolute Gasteiger partial charge is 0.112 e. The summed E-state index contributed by atoms with van der Waals surface area (Å²) in [5, 5.41) is 10.2. The van der Waals surface area contributed by atoms with Crippen molar-refractivity contribution in [1.29, 1.82) is 0 Å². The highest BCUT2D eigenvalue weighted by Gasteiger charge is 2.14. The molecular formula is C8H19N3. The Morgan fingerprint density at radius 2 is 1.82 bits per heavy atom. The Hall–Kier alpha value is -0.120. The fourth-order valence-electron chi connectivity index (χ4n) is 1.38. The lowest BCUT2D eigenvalue weighted by atomic mass is 10.2. The van der Waals surface area contributed by atoms with Crippen molar-refractivity contribution < 1.29 is 0 Å². The molecule has 1 rings (SSSR count). The molecular weight excluding hydrogens is 138 g/mol. The van der Waals surface area contributed by atoms with Crippen LogP contribution in [-0.2, 0) is 0 Å². The van der Waals surface area contributed by atoms with Crippen LogP contribution in [0.1, 0.15) is 26.7 Å². The molecule has 1 heterocycles. The predicted octanol–water partition coefficient (Wildman–Crippen LogP) is 0.241. The molecule has 0 aliphatic carbocycles. The van der Waals surface area contributed by atoms with Gasteiger partial charge in [-0.15, -0.1) is 0 Å². The second-order valence-electron chi connectivity index (χ2n) is 3.02. The summed E-state index contributed by atoms with van der Waals surface area (Å²) in [4.78, 5) is 0. The van der Waals surface area contributed by atoms with Crippen LogP contribution in [0.15, 0.2) is 0 Å². The van der Waals surface area contributed by atoms with Gasteiger partial charge in [-0.1, -0.05) is 13.8 Å². The maximum Gasteiger partial charge on any atom is 0.112 e. The van der Waals surface area contributed by atoms with Crippen LogP contribution in [0.25, 0.3) is 0 Å². The zero-order chi connectivity index (χ0) is 8.10. The first-order chi connectivity index (χ1) is 5.36. The molecule has 3 nitrogen and oxygen atoms in total. The molecule has 0 atom stereocenters. The Morgan fingerprint density at radius 3 is 2.27 bits per heavy atom. The van der Waals surface area contributed by atoms with Gasteiger partial charge in [0.1, 0.15) is 6.29 Å². The van der Waals surface area contributed by atoms with Crippen LogP contribution >= 0.6 is 0 Å². The number of hydrogen-bond donors (Lipinski definition) is 3. The van der Waals surface area contributed by atoms with Crippen LogP contribution in [-0.4, -0.2) is 25.4 Å². The summed E-state index contributed by atoms with van der Waals surface area (Å²) < 4.78 is 0. The van der Waals surface area contributed by atoms with E-state index in [4.69, 9.17) is 0 Å². The van der Waals surface area contributed by atoms with Gasteiger partial charge in [-0.2, -0.15) is 0 Å². The van der Waals surface area contributed by atoms with Crippen LogP contribution < -0.4 is 16.0 Å². The predicted molar refractivity (Wildman–Crippen MR) is 47.3 cm³/mol. The van der Waals surface area contributed by atoms with Gasteiger partial charge in [0, 0.05) is 19.1 Å². The topological polar surface area (TPSA) is 36.1 Å². The third-order valence-corrected chi connectivity index (χ3v) is 2.21. The zero-order valence-corrected chi connectivity index (χ0v) is 7.48. The third-order valence-electron chi connectivity index (χ3n) is 2.21. The molecule has 1 saturated heterocycles. The zero-order valence-electron chi connectivity index (χ0n) is 7.48. The molecule has 1 aliphatic rings. The highest BCUT2D eigenvalue weighted by atomic mass is 15.3. The first-order valence-corrected chi connectivity index (χ1v) is 4.59. The van der Waals surface area contributed by atoms with Crippen LogP contribution in [0.2, 0.25) is 0 Å². The highest BCUT2D eigenvalue weighted by Crippen LogP contribution is 1.96. The van der Waals surface area contributed by atoms with Crippen LogP contribution in [0, 0.1) is 0 Å². The lowest BCUT2D eigenvalue weighted by Gasteiger charge is -2.20. The lowest BCUT2D eigenvalue weighted by Crippen LogP contribution is -2.49. The average Bonchev–Trinajstić information content (AvgIpc) is 2.52. The second kappa shape index (κ2) is 4.70. The molecule has 0 saturated carbocycles. The molecule has 3 heteroatoms. The maximum atomic E-state index is 3.49. The minimum atomic E-state index is 0.347. The van der Waals surface area contributed by atoms with E-state index in [1.807, 2.05) is 0 Å². The fraction of sp³-hybridized carbons (Fsp3) is 1.00. The van der Waals surface area contributed by atoms with E-state index in [2.05, 4.69) is 29.8 Å². The van der Waals surface area contributed by atoms with E-state index >= 15 is 0 Å². The molecule has 3 N–H and O–H groups in total. The standard InChI is InChI=1S/C8H19N3/c1-3-7(4-2)11-8-9-5-6-10-8/h7-11H,3-6H2,1-2H3. The second-order valence-corrected chi connectivity index (χ2v) is 3.02. The summed E-state index contributed by atoms with van der Waals surface area (Å²) in [5.74, 6) is 0. The van der Waals surface area contributed by atoms with Gasteiger partial charge in [-0.25, -0.2) is 0 Å². The van der Waals surface area contributed by atoms with Gasteiger partial charge in [0.05, 0.1) is 0 Å². The van der Waals surface area contributed by atoms with Gasteiger partial charge in [0.2, 0.25) is 0 Å². The average molecular weight is 157 g/mol. The number of hydrogen-bond acceptors (Lipinski definition) is 3. The van der Waals surface area contributed by atoms with Gasteiger partial charge < -0.3 is 0 Å². The highest BCUT2D eigenvalue weighted by molar-refractivity contribution is 4.74. The third kappa shape index (κ3) is 2.77. The summed E-state index contributed by atoms with van der Waals surface area (Å²) in [6.45, 7) is 6.60. The summed E-state index contributed by atoms with van der Waals surface area (Å²) in [7, 11) is 0. The minimum Gasteiger partial charge on any atom is -0.288 e. The Morgan fingerprint density at radius 1 is 1.27 bits per heavy atom. The van der Waals surface area contributed by atoms with Crippen molar-refractivity contribution in [1.82, 2.24) is 16.0 Å². The number of rotatable bonds is 4. The SMILES string of the molecule is CCC(CC)NC1NCCN1. The maximum absolute atomic E-state index is 3.49. The van der Waals surface area contributed by atoms with Crippen molar-refractivity contribution in [2.75, 3.05) is 13.1 Å². The largest absolute Gasteiger partial charge is 0.288 e. The van der Waals surface area contributed by atoms with Crippen molar-refractivity contribution in [2.24, 2.45) is 0 Å². The van der Waals surface area contributed by atoms with E-state index < -0.39 is 0 Å². The van der Waals surface area contributed by atoms with Crippen molar-refractivity contribution in [3.05, 3.63) is 0 Å². The van der Waals surface area contributed by atoms with Gasteiger partial charge in [-0.05, 0) is 12.8 Å². The Labute approximate surface area is 68.9 Å². The molecule has 0 spiro atoms.